The van der Waals surface area contributed by atoms with Crippen molar-refractivity contribution in [3.8, 4) is 17.1 Å². The number of carbonyl (C=O) groups is 1. The summed E-state index contributed by atoms with van der Waals surface area (Å²) in [6.45, 7) is 4.27. The molecule has 158 valence electrons. The highest BCUT2D eigenvalue weighted by Gasteiger charge is 2.26. The van der Waals surface area contributed by atoms with Gasteiger partial charge in [-0.05, 0) is 50.2 Å². The van der Waals surface area contributed by atoms with Crippen molar-refractivity contribution in [2.45, 2.75) is 64.1 Å². The molecule has 1 unspecified atom stereocenters. The number of nitrogens with one attached hydrogen (secondary N) is 2. The third-order valence-corrected chi connectivity index (χ3v) is 5.40. The molecule has 7 heteroatoms. The predicted octanol–water partition coefficient (Wildman–Crippen LogP) is 3.56. The van der Waals surface area contributed by atoms with Gasteiger partial charge < -0.3 is 25.5 Å². The van der Waals surface area contributed by atoms with Crippen LogP contribution in [-0.2, 0) is 4.79 Å². The van der Waals surface area contributed by atoms with Crippen molar-refractivity contribution in [1.29, 1.82) is 0 Å². The summed E-state index contributed by atoms with van der Waals surface area (Å²) in [6, 6.07) is 5.91. The van der Waals surface area contributed by atoms with E-state index in [1.807, 2.05) is 18.2 Å². The monoisotopic (exact) mass is 400 g/mol. The zero-order valence-corrected chi connectivity index (χ0v) is 17.5. The van der Waals surface area contributed by atoms with Crippen molar-refractivity contribution < 1.29 is 13.9 Å². The number of hydrogen-bond donors (Lipinski definition) is 3. The summed E-state index contributed by atoms with van der Waals surface area (Å²) in [5.74, 6) is 1.62. The first-order chi connectivity index (χ1) is 14.0. The summed E-state index contributed by atoms with van der Waals surface area (Å²) >= 11 is 0. The van der Waals surface area contributed by atoms with Crippen LogP contribution in [-0.4, -0.2) is 36.1 Å². The van der Waals surface area contributed by atoms with Crippen LogP contribution < -0.4 is 21.1 Å². The smallest absolute Gasteiger partial charge is 0.241 e. The number of amides is 1. The molecule has 1 heterocycles. The second-order valence-corrected chi connectivity index (χ2v) is 8.23. The maximum absolute atomic E-state index is 13.0. The highest BCUT2D eigenvalue weighted by atomic mass is 16.5. The Bertz CT molecular complexity index is 783. The van der Waals surface area contributed by atoms with Crippen LogP contribution in [0.4, 0.5) is 5.69 Å². The maximum Gasteiger partial charge on any atom is 0.241 e. The van der Waals surface area contributed by atoms with E-state index >= 15 is 0 Å². The van der Waals surface area contributed by atoms with Crippen LogP contribution in [0.15, 0.2) is 35.2 Å². The van der Waals surface area contributed by atoms with Crippen LogP contribution >= 0.6 is 0 Å². The van der Waals surface area contributed by atoms with Gasteiger partial charge in [0, 0.05) is 23.8 Å². The van der Waals surface area contributed by atoms with E-state index in [1.54, 1.807) is 13.3 Å². The molecule has 0 spiro atoms. The Labute approximate surface area is 172 Å². The second kappa shape index (κ2) is 9.89. The lowest BCUT2D eigenvalue weighted by molar-refractivity contribution is -0.118. The fraction of sp³-hybridized carbons (Fsp3) is 0.545. The number of carbonyl (C=O) groups excluding carboxylic acids is 1. The highest BCUT2D eigenvalue weighted by Crippen LogP contribution is 2.32. The molecule has 1 atom stereocenters. The molecule has 1 aliphatic rings. The number of hydrogen-bond acceptors (Lipinski definition) is 6. The first kappa shape index (κ1) is 21.3. The van der Waals surface area contributed by atoms with Crippen LogP contribution in [0.2, 0.25) is 0 Å². The summed E-state index contributed by atoms with van der Waals surface area (Å²) in [4.78, 5) is 17.0. The van der Waals surface area contributed by atoms with Crippen LogP contribution in [0, 0.1) is 5.92 Å². The van der Waals surface area contributed by atoms with E-state index in [1.165, 1.54) is 6.39 Å². The molecule has 1 fully saturated rings. The molecule has 29 heavy (non-hydrogen) atoms. The first-order valence-electron chi connectivity index (χ1n) is 10.4. The van der Waals surface area contributed by atoms with E-state index in [4.69, 9.17) is 14.9 Å². The molecule has 1 amide bonds. The summed E-state index contributed by atoms with van der Waals surface area (Å²) in [7, 11) is 1.59. The van der Waals surface area contributed by atoms with Gasteiger partial charge >= 0.3 is 0 Å². The lowest BCUT2D eigenvalue weighted by atomic mass is 9.90. The number of nitrogens with zero attached hydrogens (tertiary/aromatic N) is 1. The quantitative estimate of drug-likeness (QED) is 0.626. The van der Waals surface area contributed by atoms with Crippen molar-refractivity contribution in [3.05, 3.63) is 30.8 Å². The maximum atomic E-state index is 13.0. The van der Waals surface area contributed by atoms with E-state index in [9.17, 15) is 4.79 Å². The zero-order valence-electron chi connectivity index (χ0n) is 17.5. The number of benzene rings is 1. The molecule has 0 bridgehead atoms. The molecule has 1 aromatic carbocycles. The molecule has 0 saturated heterocycles. The molecular weight excluding hydrogens is 368 g/mol. The van der Waals surface area contributed by atoms with Gasteiger partial charge in [0.05, 0.1) is 24.9 Å². The first-order valence-corrected chi connectivity index (χ1v) is 10.4. The van der Waals surface area contributed by atoms with Crippen molar-refractivity contribution in [2.75, 3.05) is 12.4 Å². The van der Waals surface area contributed by atoms with Gasteiger partial charge in [-0.15, -0.1) is 0 Å². The SMILES string of the molecule is COc1cc(NC(=O)C(CC(C)C)N[C@H]2CC[C@H](N)CC2)ccc1-c1cnco1. The minimum absolute atomic E-state index is 0.0250. The van der Waals surface area contributed by atoms with Gasteiger partial charge in [0.25, 0.3) is 0 Å². The van der Waals surface area contributed by atoms with Crippen molar-refractivity contribution in [1.82, 2.24) is 10.3 Å². The second-order valence-electron chi connectivity index (χ2n) is 8.23. The molecule has 7 nitrogen and oxygen atoms in total. The molecule has 3 rings (SSSR count). The lowest BCUT2D eigenvalue weighted by Crippen LogP contribution is -2.48. The average Bonchev–Trinajstić information content (AvgIpc) is 3.23. The normalized spacial score (nSPS) is 20.4. The third-order valence-electron chi connectivity index (χ3n) is 5.40. The fourth-order valence-electron chi connectivity index (χ4n) is 3.84. The number of ether oxygens (including phenoxy) is 1. The molecule has 0 radical (unpaired) electrons. The van der Waals surface area contributed by atoms with Gasteiger partial charge in [0.15, 0.2) is 12.2 Å². The van der Waals surface area contributed by atoms with Crippen molar-refractivity contribution in [2.24, 2.45) is 11.7 Å². The van der Waals surface area contributed by atoms with Crippen LogP contribution in [0.5, 0.6) is 5.75 Å². The summed E-state index contributed by atoms with van der Waals surface area (Å²) in [5.41, 5.74) is 7.50. The third kappa shape index (κ3) is 5.81. The molecule has 1 aromatic heterocycles. The Morgan fingerprint density at radius 3 is 2.69 bits per heavy atom. The molecule has 0 aliphatic heterocycles. The Morgan fingerprint density at radius 2 is 2.07 bits per heavy atom. The van der Waals surface area contributed by atoms with Gasteiger partial charge in [-0.25, -0.2) is 4.98 Å². The fourth-order valence-corrected chi connectivity index (χ4v) is 3.84. The van der Waals surface area contributed by atoms with Gasteiger partial charge in [-0.1, -0.05) is 13.8 Å². The van der Waals surface area contributed by atoms with E-state index in [-0.39, 0.29) is 11.9 Å². The number of rotatable bonds is 8. The van der Waals surface area contributed by atoms with Gasteiger partial charge in [-0.2, -0.15) is 0 Å². The Morgan fingerprint density at radius 1 is 1.31 bits per heavy atom. The standard InChI is InChI=1S/C22H32N4O3/c1-14(2)10-19(25-16-6-4-15(23)5-7-16)22(27)26-17-8-9-18(20(11-17)28-3)21-12-24-13-29-21/h8-9,11-16,19,25H,4-7,10,23H2,1-3H3,(H,26,27)/t15-,16-,19?. The van der Waals surface area contributed by atoms with E-state index in [0.29, 0.717) is 35.2 Å². The largest absolute Gasteiger partial charge is 0.496 e. The van der Waals surface area contributed by atoms with Crippen LogP contribution in [0.3, 0.4) is 0 Å². The summed E-state index contributed by atoms with van der Waals surface area (Å²) in [5, 5.41) is 6.61. The van der Waals surface area contributed by atoms with E-state index < -0.39 is 0 Å². The number of anilines is 1. The Kier molecular flexibility index (Phi) is 7.28. The summed E-state index contributed by atoms with van der Waals surface area (Å²) < 4.78 is 10.8. The minimum Gasteiger partial charge on any atom is -0.496 e. The average molecular weight is 401 g/mol. The van der Waals surface area contributed by atoms with E-state index in [2.05, 4.69) is 29.5 Å². The van der Waals surface area contributed by atoms with Gasteiger partial charge in [0.2, 0.25) is 5.91 Å². The number of aromatic nitrogens is 1. The topological polar surface area (TPSA) is 102 Å². The highest BCUT2D eigenvalue weighted by molar-refractivity contribution is 5.95. The molecule has 1 aliphatic carbocycles. The predicted molar refractivity (Wildman–Crippen MR) is 114 cm³/mol. The minimum atomic E-state index is -0.241. The zero-order chi connectivity index (χ0) is 20.8. The van der Waals surface area contributed by atoms with Crippen molar-refractivity contribution >= 4 is 11.6 Å². The van der Waals surface area contributed by atoms with Gasteiger partial charge in [-0.3, -0.25) is 4.79 Å². The van der Waals surface area contributed by atoms with Gasteiger partial charge in [0.1, 0.15) is 5.75 Å². The number of nitrogens with two attached hydrogens (primary N) is 1. The summed E-state index contributed by atoms with van der Waals surface area (Å²) in [6.07, 6.45) is 7.84. The Balaban J connectivity index is 1.69. The number of oxazole rings is 1. The Hall–Kier alpha value is -2.38. The van der Waals surface area contributed by atoms with Crippen molar-refractivity contribution in [3.63, 3.8) is 0 Å². The number of methoxy groups -OCH3 is 1. The van der Waals surface area contributed by atoms with Crippen LogP contribution in [0.25, 0.3) is 11.3 Å². The molecule has 2 aromatic rings. The van der Waals surface area contributed by atoms with E-state index in [0.717, 1.165) is 37.7 Å². The lowest BCUT2D eigenvalue weighted by Gasteiger charge is -2.31. The molecule has 1 saturated carbocycles. The molecular formula is C22H32N4O3. The van der Waals surface area contributed by atoms with Crippen LogP contribution in [0.1, 0.15) is 46.0 Å². The molecule has 4 N–H and O–H groups in total.